The number of hydrogen-bond donors (Lipinski definition) is 3. The highest BCUT2D eigenvalue weighted by atomic mass is 19.1. The number of Topliss-reactive ketones (excluding diaryl/α,β-unsaturated/α-hetero) is 1. The van der Waals surface area contributed by atoms with Gasteiger partial charge in [0, 0.05) is 37.3 Å². The average Bonchev–Trinajstić information content (AvgIpc) is 3.33. The van der Waals surface area contributed by atoms with Gasteiger partial charge in [0.2, 0.25) is 0 Å². The molecular formula is C34H46FN5O4. The van der Waals surface area contributed by atoms with Crippen molar-refractivity contribution < 1.29 is 23.9 Å². The second kappa shape index (κ2) is 17.2. The lowest BCUT2D eigenvalue weighted by atomic mass is 9.99. The maximum atomic E-state index is 14.8. The van der Waals surface area contributed by atoms with Gasteiger partial charge >= 0.3 is 6.03 Å². The van der Waals surface area contributed by atoms with E-state index in [1.807, 2.05) is 27.7 Å². The molecule has 238 valence electrons. The third-order valence-corrected chi connectivity index (χ3v) is 7.24. The molecule has 3 amide bonds. The minimum Gasteiger partial charge on any atom is -0.506 e. The zero-order chi connectivity index (χ0) is 33.0. The van der Waals surface area contributed by atoms with Crippen LogP contribution in [0.25, 0.3) is 11.3 Å². The first-order valence-corrected chi connectivity index (χ1v) is 15.2. The van der Waals surface area contributed by atoms with Crippen LogP contribution in [0.3, 0.4) is 0 Å². The number of piperazine rings is 1. The first-order chi connectivity index (χ1) is 20.9. The van der Waals surface area contributed by atoms with Crippen molar-refractivity contribution in [3.63, 3.8) is 0 Å². The van der Waals surface area contributed by atoms with Crippen LogP contribution >= 0.6 is 0 Å². The number of rotatable bonds is 6. The largest absolute Gasteiger partial charge is 0.506 e. The number of allylic oxidation sites excluding steroid dienone is 2. The molecule has 0 aliphatic carbocycles. The Kier molecular flexibility index (Phi) is 14.0. The van der Waals surface area contributed by atoms with Crippen molar-refractivity contribution in [1.29, 1.82) is 0 Å². The molecule has 0 bridgehead atoms. The van der Waals surface area contributed by atoms with Gasteiger partial charge in [-0.3, -0.25) is 14.9 Å². The lowest BCUT2D eigenvalue weighted by Gasteiger charge is -2.34. The summed E-state index contributed by atoms with van der Waals surface area (Å²) in [5.74, 6) is 5.56. The van der Waals surface area contributed by atoms with Crippen LogP contribution in [0, 0.1) is 23.6 Å². The molecule has 1 unspecified atom stereocenters. The Bertz CT molecular complexity index is 1420. The third-order valence-electron chi connectivity index (χ3n) is 7.24. The SMILES string of the molecule is CC.CC(=O)/C(C)=C(/C)CC(C)C.CCN1CCN(c2ccc(O)c(-c3ccc(C#CC4NC(=O)NC4=O)cc3F)n2)CC1. The molecule has 2 saturated heterocycles. The number of nitrogens with zero attached hydrogens (tertiary/aromatic N) is 3. The van der Waals surface area contributed by atoms with E-state index in [4.69, 9.17) is 0 Å². The highest BCUT2D eigenvalue weighted by molar-refractivity contribution is 6.05. The first kappa shape index (κ1) is 36.0. The number of likely N-dealkylation sites (N-methyl/N-ethyl adjacent to an activating group) is 1. The van der Waals surface area contributed by atoms with Crippen LogP contribution in [0.1, 0.15) is 67.4 Å². The highest BCUT2D eigenvalue weighted by Gasteiger charge is 2.27. The minimum absolute atomic E-state index is 0.112. The van der Waals surface area contributed by atoms with Crippen LogP contribution in [0.5, 0.6) is 5.75 Å². The number of pyridine rings is 1. The number of halogens is 1. The zero-order valence-electron chi connectivity index (χ0n) is 27.2. The Morgan fingerprint density at radius 3 is 2.27 bits per heavy atom. The number of hydrogen-bond acceptors (Lipinski definition) is 7. The lowest BCUT2D eigenvalue weighted by Crippen LogP contribution is -2.46. The van der Waals surface area contributed by atoms with Gasteiger partial charge in [-0.1, -0.05) is 52.0 Å². The maximum Gasteiger partial charge on any atom is 0.322 e. The number of aromatic hydroxyl groups is 1. The highest BCUT2D eigenvalue weighted by Crippen LogP contribution is 2.32. The number of imide groups is 1. The van der Waals surface area contributed by atoms with Crippen LogP contribution in [0.4, 0.5) is 15.0 Å². The van der Waals surface area contributed by atoms with Gasteiger partial charge in [-0.15, -0.1) is 0 Å². The van der Waals surface area contributed by atoms with Crippen LogP contribution in [-0.4, -0.2) is 71.5 Å². The number of ketones is 1. The summed E-state index contributed by atoms with van der Waals surface area (Å²) in [7, 11) is 0. The minimum atomic E-state index is -0.967. The third kappa shape index (κ3) is 10.2. The van der Waals surface area contributed by atoms with Gasteiger partial charge in [0.15, 0.2) is 11.8 Å². The summed E-state index contributed by atoms with van der Waals surface area (Å²) in [4.78, 5) is 42.6. The number of nitrogens with one attached hydrogen (secondary N) is 2. The van der Waals surface area contributed by atoms with Crippen LogP contribution < -0.4 is 15.5 Å². The van der Waals surface area contributed by atoms with E-state index in [0.29, 0.717) is 17.3 Å². The molecule has 44 heavy (non-hydrogen) atoms. The number of urea groups is 1. The van der Waals surface area contributed by atoms with E-state index in [2.05, 4.69) is 58.0 Å². The predicted octanol–water partition coefficient (Wildman–Crippen LogP) is 5.28. The summed E-state index contributed by atoms with van der Waals surface area (Å²) in [5.41, 5.74) is 2.81. The molecule has 3 N–H and O–H groups in total. The monoisotopic (exact) mass is 607 g/mol. The van der Waals surface area contributed by atoms with Crippen molar-refractivity contribution in [2.24, 2.45) is 5.92 Å². The van der Waals surface area contributed by atoms with Gasteiger partial charge in [-0.05, 0) is 75.6 Å². The Labute approximate surface area is 260 Å². The van der Waals surface area contributed by atoms with Gasteiger partial charge in [0.05, 0.1) is 0 Å². The Morgan fingerprint density at radius 1 is 1.09 bits per heavy atom. The molecule has 4 rings (SSSR count). The predicted molar refractivity (Wildman–Crippen MR) is 173 cm³/mol. The number of anilines is 1. The molecule has 1 aromatic heterocycles. The second-order valence-corrected chi connectivity index (χ2v) is 10.9. The van der Waals surface area contributed by atoms with Crippen molar-refractivity contribution in [2.75, 3.05) is 37.6 Å². The van der Waals surface area contributed by atoms with E-state index in [1.165, 1.54) is 23.8 Å². The molecule has 0 spiro atoms. The molecule has 2 aliphatic heterocycles. The molecule has 0 saturated carbocycles. The van der Waals surface area contributed by atoms with E-state index in [-0.39, 0.29) is 22.8 Å². The Morgan fingerprint density at radius 2 is 1.75 bits per heavy atom. The molecule has 10 heteroatoms. The molecule has 3 heterocycles. The number of carbonyl (C=O) groups excluding carboxylic acids is 3. The van der Waals surface area contributed by atoms with E-state index < -0.39 is 23.8 Å². The van der Waals surface area contributed by atoms with Crippen LogP contribution in [0.15, 0.2) is 41.5 Å². The van der Waals surface area contributed by atoms with E-state index in [0.717, 1.165) is 44.7 Å². The van der Waals surface area contributed by atoms with E-state index >= 15 is 0 Å². The van der Waals surface area contributed by atoms with Crippen molar-refractivity contribution in [2.45, 2.75) is 67.9 Å². The molecule has 9 nitrogen and oxygen atoms in total. The van der Waals surface area contributed by atoms with Gasteiger partial charge in [-0.2, -0.15) is 0 Å². The smallest absolute Gasteiger partial charge is 0.322 e. The van der Waals surface area contributed by atoms with Gasteiger partial charge in [-0.25, -0.2) is 14.2 Å². The van der Waals surface area contributed by atoms with Crippen LogP contribution in [0.2, 0.25) is 0 Å². The molecule has 1 aromatic carbocycles. The van der Waals surface area contributed by atoms with Crippen molar-refractivity contribution in [1.82, 2.24) is 20.5 Å². The quantitative estimate of drug-likeness (QED) is 0.233. The van der Waals surface area contributed by atoms with E-state index in [9.17, 15) is 23.9 Å². The zero-order valence-corrected chi connectivity index (χ0v) is 27.2. The normalized spacial score (nSPS) is 16.8. The van der Waals surface area contributed by atoms with Crippen LogP contribution in [-0.2, 0) is 9.59 Å². The average molecular weight is 608 g/mol. The molecule has 2 aromatic rings. The fourth-order valence-corrected chi connectivity index (χ4v) is 4.63. The molecule has 2 aliphatic rings. The van der Waals surface area contributed by atoms with Crippen molar-refractivity contribution >= 4 is 23.5 Å². The summed E-state index contributed by atoms with van der Waals surface area (Å²) < 4.78 is 14.8. The van der Waals surface area contributed by atoms with Gasteiger partial charge in [0.25, 0.3) is 5.91 Å². The fraction of sp³-hybridized carbons (Fsp3) is 0.471. The lowest BCUT2D eigenvalue weighted by molar-refractivity contribution is -0.119. The maximum absolute atomic E-state index is 14.8. The summed E-state index contributed by atoms with van der Waals surface area (Å²) in [6.45, 7) is 20.5. The Balaban J connectivity index is 0.000000441. The standard InChI is InChI=1S/C22H22FN5O3.C10H18O.C2H6/c1-2-27-9-11-28(12-10-27)19-8-7-18(29)20(25-19)15-5-3-14(13-16(15)23)4-6-17-21(30)26-22(31)24-17;1-7(2)6-8(3)9(4)10(5)11;1-2/h3,5,7-8,13,17,29H,2,9-12H2,1H3,(H2,24,26,30,31);7H,6H2,1-5H3;1-2H3/b;9-8-;. The number of benzene rings is 1. The van der Waals surface area contributed by atoms with Gasteiger partial charge in [0.1, 0.15) is 23.1 Å². The van der Waals surface area contributed by atoms with Crippen molar-refractivity contribution in [3.8, 4) is 28.8 Å². The summed E-state index contributed by atoms with van der Waals surface area (Å²) >= 11 is 0. The number of aromatic nitrogens is 1. The summed E-state index contributed by atoms with van der Waals surface area (Å²) in [6.07, 6.45) is 1.03. The fourth-order valence-electron chi connectivity index (χ4n) is 4.63. The van der Waals surface area contributed by atoms with Gasteiger partial charge < -0.3 is 20.2 Å². The second-order valence-electron chi connectivity index (χ2n) is 10.9. The topological polar surface area (TPSA) is 115 Å². The molecule has 1 atom stereocenters. The van der Waals surface area contributed by atoms with Crippen molar-refractivity contribution in [3.05, 3.63) is 52.9 Å². The van der Waals surface area contributed by atoms with E-state index in [1.54, 1.807) is 19.1 Å². The molecule has 2 fully saturated rings. The summed E-state index contributed by atoms with van der Waals surface area (Å²) in [5, 5.41) is 14.7. The Hall–Kier alpha value is -4.23. The molecule has 0 radical (unpaired) electrons. The number of amides is 3. The number of carbonyl (C=O) groups is 3. The molecular weight excluding hydrogens is 561 g/mol. The first-order valence-electron chi connectivity index (χ1n) is 15.2. The summed E-state index contributed by atoms with van der Waals surface area (Å²) in [6, 6.07) is 5.97.